The maximum atomic E-state index is 6.19. The van der Waals surface area contributed by atoms with Crippen LogP contribution in [0, 0.1) is 5.92 Å². The Labute approximate surface area is 105 Å². The van der Waals surface area contributed by atoms with Gasteiger partial charge >= 0.3 is 0 Å². The van der Waals surface area contributed by atoms with E-state index < -0.39 is 0 Å². The summed E-state index contributed by atoms with van der Waals surface area (Å²) >= 11 is 9.57. The van der Waals surface area contributed by atoms with E-state index in [9.17, 15) is 0 Å². The van der Waals surface area contributed by atoms with Gasteiger partial charge in [-0.3, -0.25) is 0 Å². The fraction of sp³-hybridized carbons (Fsp3) is 0.500. The lowest BCUT2D eigenvalue weighted by Gasteiger charge is -2.21. The highest BCUT2D eigenvalue weighted by Crippen LogP contribution is 2.30. The van der Waals surface area contributed by atoms with Gasteiger partial charge in [0.15, 0.2) is 0 Å². The topological polar surface area (TPSA) is 26.0 Å². The molecule has 0 aliphatic rings. The largest absolute Gasteiger partial charge is 0.324 e. The Balaban J connectivity index is 2.89. The van der Waals surface area contributed by atoms with Crippen LogP contribution in [-0.4, -0.2) is 0 Å². The summed E-state index contributed by atoms with van der Waals surface area (Å²) in [5, 5.41) is 0.758. The first-order chi connectivity index (χ1) is 7.06. The normalized spacial score (nSPS) is 15.0. The average molecular weight is 291 g/mol. The maximum Gasteiger partial charge on any atom is 0.0454 e. The van der Waals surface area contributed by atoms with Crippen LogP contribution in [0.4, 0.5) is 0 Å². The van der Waals surface area contributed by atoms with Crippen LogP contribution in [0.5, 0.6) is 0 Å². The number of benzene rings is 1. The third kappa shape index (κ3) is 3.47. The van der Waals surface area contributed by atoms with Crippen LogP contribution in [0.25, 0.3) is 0 Å². The summed E-state index contributed by atoms with van der Waals surface area (Å²) in [6.45, 7) is 4.34. The summed E-state index contributed by atoms with van der Waals surface area (Å²) < 4.78 is 1.03. The first-order valence-electron chi connectivity index (χ1n) is 5.26. The van der Waals surface area contributed by atoms with E-state index in [-0.39, 0.29) is 6.04 Å². The lowest BCUT2D eigenvalue weighted by molar-refractivity contribution is 0.434. The molecule has 0 bridgehead atoms. The van der Waals surface area contributed by atoms with Crippen molar-refractivity contribution < 1.29 is 0 Å². The quantitative estimate of drug-likeness (QED) is 0.865. The van der Waals surface area contributed by atoms with E-state index in [0.29, 0.717) is 5.92 Å². The molecule has 84 valence electrons. The van der Waals surface area contributed by atoms with E-state index in [1.54, 1.807) is 0 Å². The van der Waals surface area contributed by atoms with E-state index in [0.717, 1.165) is 27.9 Å². The standard InChI is InChI=1S/C12H17BrClN/c1-3-4-8(2)12(15)10-7-9(13)5-6-11(10)14/h5-8,12H,3-4,15H2,1-2H3. The van der Waals surface area contributed by atoms with Gasteiger partial charge in [-0.05, 0) is 36.1 Å². The minimum Gasteiger partial charge on any atom is -0.324 e. The Kier molecular flexibility index (Phi) is 5.10. The number of hydrogen-bond acceptors (Lipinski definition) is 1. The molecule has 1 rings (SSSR count). The molecule has 1 nitrogen and oxygen atoms in total. The molecule has 0 saturated heterocycles. The Bertz CT molecular complexity index is 327. The predicted molar refractivity (Wildman–Crippen MR) is 70.2 cm³/mol. The molecule has 0 radical (unpaired) electrons. The van der Waals surface area contributed by atoms with Crippen molar-refractivity contribution in [1.29, 1.82) is 0 Å². The number of rotatable bonds is 4. The van der Waals surface area contributed by atoms with E-state index in [2.05, 4.69) is 29.8 Å². The molecule has 1 aromatic carbocycles. The molecular formula is C12H17BrClN. The van der Waals surface area contributed by atoms with E-state index >= 15 is 0 Å². The van der Waals surface area contributed by atoms with Crippen LogP contribution >= 0.6 is 27.5 Å². The molecule has 0 amide bonds. The van der Waals surface area contributed by atoms with Gasteiger partial charge in [-0.1, -0.05) is 47.8 Å². The highest BCUT2D eigenvalue weighted by molar-refractivity contribution is 9.10. The second-order valence-corrected chi connectivity index (χ2v) is 5.28. The van der Waals surface area contributed by atoms with Crippen molar-refractivity contribution in [3.05, 3.63) is 33.3 Å². The van der Waals surface area contributed by atoms with Gasteiger partial charge in [0, 0.05) is 15.5 Å². The molecule has 0 fully saturated rings. The molecule has 2 unspecified atom stereocenters. The van der Waals surface area contributed by atoms with Crippen LogP contribution in [0.2, 0.25) is 5.02 Å². The van der Waals surface area contributed by atoms with Crippen molar-refractivity contribution >= 4 is 27.5 Å². The first-order valence-corrected chi connectivity index (χ1v) is 6.44. The molecule has 2 atom stereocenters. The van der Waals surface area contributed by atoms with Gasteiger partial charge in [-0.15, -0.1) is 0 Å². The average Bonchev–Trinajstić information content (AvgIpc) is 2.21. The summed E-state index contributed by atoms with van der Waals surface area (Å²) in [7, 11) is 0. The molecule has 2 N–H and O–H groups in total. The highest BCUT2D eigenvalue weighted by atomic mass is 79.9. The lowest BCUT2D eigenvalue weighted by atomic mass is 9.92. The molecule has 0 aliphatic carbocycles. The fourth-order valence-corrected chi connectivity index (χ4v) is 2.33. The van der Waals surface area contributed by atoms with Gasteiger partial charge in [-0.2, -0.15) is 0 Å². The second kappa shape index (κ2) is 5.88. The van der Waals surface area contributed by atoms with Gasteiger partial charge in [0.05, 0.1) is 0 Å². The SMILES string of the molecule is CCCC(C)C(N)c1cc(Br)ccc1Cl. The summed E-state index contributed by atoms with van der Waals surface area (Å²) in [5.74, 6) is 0.460. The zero-order valence-corrected chi connectivity index (χ0v) is 11.5. The van der Waals surface area contributed by atoms with Crippen molar-refractivity contribution in [2.75, 3.05) is 0 Å². The van der Waals surface area contributed by atoms with Crippen LogP contribution in [0.1, 0.15) is 38.3 Å². The Morgan fingerprint density at radius 3 is 2.73 bits per heavy atom. The summed E-state index contributed by atoms with van der Waals surface area (Å²) in [5.41, 5.74) is 7.22. The fourth-order valence-electron chi connectivity index (χ4n) is 1.71. The zero-order chi connectivity index (χ0) is 11.4. The molecule has 0 heterocycles. The molecule has 0 spiro atoms. The van der Waals surface area contributed by atoms with Crippen LogP contribution < -0.4 is 5.73 Å². The maximum absolute atomic E-state index is 6.19. The predicted octanol–water partition coefficient (Wildman–Crippen LogP) is 4.54. The summed E-state index contributed by atoms with van der Waals surface area (Å²) in [4.78, 5) is 0. The molecule has 1 aromatic rings. The minimum atomic E-state index is 0.0231. The highest BCUT2D eigenvalue weighted by Gasteiger charge is 2.16. The third-order valence-corrected chi connectivity index (χ3v) is 3.51. The molecular weight excluding hydrogens is 273 g/mol. The van der Waals surface area contributed by atoms with Crippen molar-refractivity contribution in [3.8, 4) is 0 Å². The van der Waals surface area contributed by atoms with Crippen molar-refractivity contribution in [1.82, 2.24) is 0 Å². The number of nitrogens with two attached hydrogens (primary N) is 1. The Morgan fingerprint density at radius 2 is 2.13 bits per heavy atom. The van der Waals surface area contributed by atoms with Gasteiger partial charge in [0.25, 0.3) is 0 Å². The van der Waals surface area contributed by atoms with Crippen molar-refractivity contribution in [2.24, 2.45) is 11.7 Å². The van der Waals surface area contributed by atoms with E-state index in [1.807, 2.05) is 18.2 Å². The third-order valence-electron chi connectivity index (χ3n) is 2.67. The van der Waals surface area contributed by atoms with E-state index in [4.69, 9.17) is 17.3 Å². The zero-order valence-electron chi connectivity index (χ0n) is 9.13. The molecule has 0 saturated carbocycles. The first kappa shape index (κ1) is 13.0. The molecule has 3 heteroatoms. The number of halogens is 2. The monoisotopic (exact) mass is 289 g/mol. The van der Waals surface area contributed by atoms with Gasteiger partial charge in [0.1, 0.15) is 0 Å². The van der Waals surface area contributed by atoms with Crippen molar-refractivity contribution in [2.45, 2.75) is 32.7 Å². The Hall–Kier alpha value is -0.0500. The molecule has 0 aliphatic heterocycles. The van der Waals surface area contributed by atoms with E-state index in [1.165, 1.54) is 0 Å². The summed E-state index contributed by atoms with van der Waals surface area (Å²) in [6, 6.07) is 5.86. The summed E-state index contributed by atoms with van der Waals surface area (Å²) in [6.07, 6.45) is 2.28. The smallest absolute Gasteiger partial charge is 0.0454 e. The van der Waals surface area contributed by atoms with Gasteiger partial charge < -0.3 is 5.73 Å². The van der Waals surface area contributed by atoms with Gasteiger partial charge in [0.2, 0.25) is 0 Å². The minimum absolute atomic E-state index is 0.0231. The van der Waals surface area contributed by atoms with Crippen molar-refractivity contribution in [3.63, 3.8) is 0 Å². The van der Waals surface area contributed by atoms with Crippen LogP contribution in [-0.2, 0) is 0 Å². The van der Waals surface area contributed by atoms with Gasteiger partial charge in [-0.25, -0.2) is 0 Å². The Morgan fingerprint density at radius 1 is 1.47 bits per heavy atom. The number of hydrogen-bond donors (Lipinski definition) is 1. The molecule has 15 heavy (non-hydrogen) atoms. The lowest BCUT2D eigenvalue weighted by Crippen LogP contribution is -2.19. The van der Waals surface area contributed by atoms with Crippen LogP contribution in [0.15, 0.2) is 22.7 Å². The molecule has 0 aromatic heterocycles. The van der Waals surface area contributed by atoms with Crippen LogP contribution in [0.3, 0.4) is 0 Å². The second-order valence-electron chi connectivity index (χ2n) is 3.96.